The molecule has 0 atom stereocenters. The van der Waals surface area contributed by atoms with Crippen molar-refractivity contribution in [3.8, 4) is 0 Å². The van der Waals surface area contributed by atoms with Crippen LogP contribution in [0.25, 0.3) is 0 Å². The summed E-state index contributed by atoms with van der Waals surface area (Å²) in [6.07, 6.45) is 0. The topological polar surface area (TPSA) is 0 Å². The molecule has 1 aromatic carbocycles. The fraction of sp³-hybridized carbons (Fsp3) is 0.538. The highest BCUT2D eigenvalue weighted by Gasteiger charge is 1.89. The van der Waals surface area contributed by atoms with E-state index in [2.05, 4.69) is 39.0 Å². The summed E-state index contributed by atoms with van der Waals surface area (Å²) >= 11 is 0. The maximum atomic E-state index is 2.20. The van der Waals surface area contributed by atoms with E-state index in [9.17, 15) is 0 Å². The van der Waals surface area contributed by atoms with E-state index in [0.717, 1.165) is 0 Å². The lowest BCUT2D eigenvalue weighted by atomic mass is 10.1. The molecule has 0 saturated carbocycles. The smallest absolute Gasteiger partial charge is 0.0395 e. The highest BCUT2D eigenvalue weighted by Crippen LogP contribution is 2.07. The van der Waals surface area contributed by atoms with Crippen LogP contribution in [0.1, 0.15) is 44.4 Å². The molecule has 0 aliphatic carbocycles. The molecule has 0 aliphatic heterocycles. The van der Waals surface area contributed by atoms with Gasteiger partial charge in [-0.2, -0.15) is 0 Å². The summed E-state index contributed by atoms with van der Waals surface area (Å²) in [6.45, 7) is 14.4. The Kier molecular flexibility index (Phi) is 10.5. The van der Waals surface area contributed by atoms with Crippen LogP contribution in [0.5, 0.6) is 0 Å². The van der Waals surface area contributed by atoms with Crippen molar-refractivity contribution in [1.29, 1.82) is 0 Å². The molecule has 0 bridgehead atoms. The van der Waals surface area contributed by atoms with Crippen molar-refractivity contribution in [3.63, 3.8) is 0 Å². The molecule has 0 heterocycles. The minimum absolute atomic E-state index is 1.35. The predicted molar refractivity (Wildman–Crippen MR) is 63.3 cm³/mol. The van der Waals surface area contributed by atoms with E-state index in [1.165, 1.54) is 16.7 Å². The Morgan fingerprint density at radius 2 is 1.15 bits per heavy atom. The van der Waals surface area contributed by atoms with Crippen molar-refractivity contribution in [2.75, 3.05) is 0 Å². The number of hydrogen-bond donors (Lipinski definition) is 0. The molecule has 1 rings (SSSR count). The molecule has 0 unspecified atom stereocenters. The van der Waals surface area contributed by atoms with Crippen LogP contribution in [0, 0.1) is 20.8 Å². The van der Waals surface area contributed by atoms with Crippen molar-refractivity contribution in [2.45, 2.75) is 48.5 Å². The van der Waals surface area contributed by atoms with Crippen LogP contribution in [0.15, 0.2) is 18.2 Å². The van der Waals surface area contributed by atoms with E-state index in [1.54, 1.807) is 0 Å². The zero-order valence-electron chi connectivity index (χ0n) is 10.2. The zero-order chi connectivity index (χ0) is 10.9. The predicted octanol–water partition coefficient (Wildman–Crippen LogP) is 4.66. The molecular weight excluding hydrogens is 156 g/mol. The third-order valence-corrected chi connectivity index (χ3v) is 1.66. The molecule has 0 nitrogen and oxygen atoms in total. The Morgan fingerprint density at radius 1 is 0.692 bits per heavy atom. The highest BCUT2D eigenvalue weighted by molar-refractivity contribution is 5.28. The van der Waals surface area contributed by atoms with Gasteiger partial charge in [0.15, 0.2) is 0 Å². The highest BCUT2D eigenvalue weighted by atomic mass is 13.9. The summed E-state index contributed by atoms with van der Waals surface area (Å²) in [5, 5.41) is 0. The van der Waals surface area contributed by atoms with Crippen molar-refractivity contribution in [2.24, 2.45) is 0 Å². The lowest BCUT2D eigenvalue weighted by Crippen LogP contribution is -1.79. The van der Waals surface area contributed by atoms with Gasteiger partial charge in [0.05, 0.1) is 0 Å². The first-order chi connectivity index (χ1) is 6.20. The summed E-state index contributed by atoms with van der Waals surface area (Å²) < 4.78 is 0. The van der Waals surface area contributed by atoms with E-state index in [1.807, 2.05) is 27.7 Å². The van der Waals surface area contributed by atoms with Gasteiger partial charge in [0.1, 0.15) is 0 Å². The largest absolute Gasteiger partial charge is 0.0683 e. The summed E-state index contributed by atoms with van der Waals surface area (Å²) in [5.74, 6) is 0. The van der Waals surface area contributed by atoms with Crippen molar-refractivity contribution >= 4 is 0 Å². The molecule has 1 aromatic rings. The van der Waals surface area contributed by atoms with Gasteiger partial charge in [-0.05, 0) is 31.9 Å². The fourth-order valence-electron chi connectivity index (χ4n) is 0.891. The van der Waals surface area contributed by atoms with E-state index in [0.29, 0.717) is 0 Å². The molecule has 0 radical (unpaired) electrons. The molecule has 0 spiro atoms. The molecule has 0 heteroatoms. The second kappa shape index (κ2) is 9.31. The minimum Gasteiger partial charge on any atom is -0.0683 e. The van der Waals surface area contributed by atoms with Crippen LogP contribution in [-0.2, 0) is 0 Å². The van der Waals surface area contributed by atoms with Gasteiger partial charge in [0.2, 0.25) is 0 Å². The van der Waals surface area contributed by atoms with Gasteiger partial charge in [-0.3, -0.25) is 0 Å². The summed E-state index contributed by atoms with van der Waals surface area (Å²) in [6, 6.07) is 6.50. The van der Waals surface area contributed by atoms with E-state index in [-0.39, 0.29) is 0 Å². The standard InChI is InChI=1S/C9H12.2C2H6/c1-7-4-5-8(2)9(3)6-7;2*1-2/h4-6H,1-3H3;2*1-2H3. The Hall–Kier alpha value is -0.780. The SMILES string of the molecule is CC.CC.Cc1ccc(C)c(C)c1. The number of benzene rings is 1. The number of aryl methyl sites for hydroxylation is 3. The number of hydrogen-bond acceptors (Lipinski definition) is 0. The summed E-state index contributed by atoms with van der Waals surface area (Å²) in [5.41, 5.74) is 4.11. The first-order valence-electron chi connectivity index (χ1n) is 5.24. The summed E-state index contributed by atoms with van der Waals surface area (Å²) in [7, 11) is 0. The minimum atomic E-state index is 1.35. The molecule has 0 amide bonds. The Labute approximate surface area is 84.0 Å². The lowest BCUT2D eigenvalue weighted by molar-refractivity contribution is 1.30. The van der Waals surface area contributed by atoms with Crippen molar-refractivity contribution < 1.29 is 0 Å². The molecule has 0 N–H and O–H groups in total. The van der Waals surface area contributed by atoms with Gasteiger partial charge < -0.3 is 0 Å². The molecule has 0 aromatic heterocycles. The maximum absolute atomic E-state index is 2.20. The Morgan fingerprint density at radius 3 is 1.46 bits per heavy atom. The molecule has 13 heavy (non-hydrogen) atoms. The van der Waals surface area contributed by atoms with Crippen molar-refractivity contribution in [3.05, 3.63) is 34.9 Å². The monoisotopic (exact) mass is 180 g/mol. The lowest BCUT2D eigenvalue weighted by Gasteiger charge is -1.98. The van der Waals surface area contributed by atoms with Crippen LogP contribution in [0.2, 0.25) is 0 Å². The fourth-order valence-corrected chi connectivity index (χ4v) is 0.891. The van der Waals surface area contributed by atoms with E-state index in [4.69, 9.17) is 0 Å². The van der Waals surface area contributed by atoms with Gasteiger partial charge in [-0.15, -0.1) is 0 Å². The van der Waals surface area contributed by atoms with Gasteiger partial charge in [-0.25, -0.2) is 0 Å². The van der Waals surface area contributed by atoms with Crippen LogP contribution in [0.3, 0.4) is 0 Å². The van der Waals surface area contributed by atoms with E-state index < -0.39 is 0 Å². The third kappa shape index (κ3) is 6.39. The van der Waals surface area contributed by atoms with Gasteiger partial charge in [0, 0.05) is 0 Å². The van der Waals surface area contributed by atoms with Crippen LogP contribution >= 0.6 is 0 Å². The quantitative estimate of drug-likeness (QED) is 0.544. The van der Waals surface area contributed by atoms with E-state index >= 15 is 0 Å². The second-order valence-electron chi connectivity index (χ2n) is 2.59. The molecular formula is C13H24. The van der Waals surface area contributed by atoms with Crippen molar-refractivity contribution in [1.82, 2.24) is 0 Å². The Balaban J connectivity index is 0. The molecule has 0 saturated heterocycles. The van der Waals surface area contributed by atoms with Crippen LogP contribution < -0.4 is 0 Å². The third-order valence-electron chi connectivity index (χ3n) is 1.66. The molecule has 0 aliphatic rings. The average molecular weight is 180 g/mol. The second-order valence-corrected chi connectivity index (χ2v) is 2.59. The van der Waals surface area contributed by atoms with Crippen LogP contribution in [-0.4, -0.2) is 0 Å². The first-order valence-corrected chi connectivity index (χ1v) is 5.24. The number of rotatable bonds is 0. The van der Waals surface area contributed by atoms with Gasteiger partial charge in [0.25, 0.3) is 0 Å². The normalized spacial score (nSPS) is 7.62. The maximum Gasteiger partial charge on any atom is -0.0395 e. The first kappa shape index (κ1) is 14.7. The zero-order valence-corrected chi connectivity index (χ0v) is 10.2. The summed E-state index contributed by atoms with van der Waals surface area (Å²) in [4.78, 5) is 0. The van der Waals surface area contributed by atoms with Gasteiger partial charge in [-0.1, -0.05) is 51.5 Å². The molecule has 0 fully saturated rings. The average Bonchev–Trinajstić information content (AvgIpc) is 2.18. The molecule has 76 valence electrons. The van der Waals surface area contributed by atoms with Crippen LogP contribution in [0.4, 0.5) is 0 Å². The van der Waals surface area contributed by atoms with Gasteiger partial charge >= 0.3 is 0 Å². The Bertz CT molecular complexity index is 211.